The molecule has 1 aliphatic heterocycles. The van der Waals surface area contributed by atoms with Gasteiger partial charge in [-0.3, -0.25) is 19.4 Å². The molecule has 24 heavy (non-hydrogen) atoms. The first-order chi connectivity index (χ1) is 11.5. The quantitative estimate of drug-likeness (QED) is 0.847. The Morgan fingerprint density at radius 3 is 2.50 bits per heavy atom. The van der Waals surface area contributed by atoms with Crippen molar-refractivity contribution in [2.75, 3.05) is 18.0 Å². The Kier molecular flexibility index (Phi) is 4.21. The zero-order valence-corrected chi connectivity index (χ0v) is 13.2. The minimum Gasteiger partial charge on any atom is -0.336 e. The summed E-state index contributed by atoms with van der Waals surface area (Å²) in [6.07, 6.45) is 2.98. The van der Waals surface area contributed by atoms with Crippen molar-refractivity contribution in [3.63, 3.8) is 0 Å². The zero-order valence-electron chi connectivity index (χ0n) is 13.2. The Morgan fingerprint density at radius 2 is 1.88 bits per heavy atom. The number of nitrogens with one attached hydrogen (secondary N) is 1. The van der Waals surface area contributed by atoms with Crippen molar-refractivity contribution >= 4 is 23.5 Å². The molecule has 4 amide bonds. The summed E-state index contributed by atoms with van der Waals surface area (Å²) < 4.78 is 0. The summed E-state index contributed by atoms with van der Waals surface area (Å²) in [5, 5.41) is 12.0. The van der Waals surface area contributed by atoms with E-state index in [9.17, 15) is 19.6 Å². The number of carbonyl (C=O) groups excluding carboxylic acids is 3. The maximum atomic E-state index is 12.4. The maximum Gasteiger partial charge on any atom is 0.332 e. The first kappa shape index (κ1) is 16.0. The highest BCUT2D eigenvalue weighted by molar-refractivity contribution is 6.13. The van der Waals surface area contributed by atoms with Crippen LogP contribution in [0.3, 0.4) is 0 Å². The van der Waals surface area contributed by atoms with Crippen molar-refractivity contribution in [1.82, 2.24) is 10.2 Å². The summed E-state index contributed by atoms with van der Waals surface area (Å²) in [7, 11) is 0. The van der Waals surface area contributed by atoms with Crippen molar-refractivity contribution in [2.45, 2.75) is 31.2 Å². The van der Waals surface area contributed by atoms with E-state index in [1.54, 1.807) is 24.3 Å². The lowest BCUT2D eigenvalue weighted by atomic mass is 10.00. The molecule has 1 N–H and O–H groups in total. The molecule has 0 atom stereocenters. The Morgan fingerprint density at radius 1 is 1.21 bits per heavy atom. The topological polar surface area (TPSA) is 93.5 Å². The van der Waals surface area contributed by atoms with E-state index < -0.39 is 23.4 Å². The van der Waals surface area contributed by atoms with Crippen LogP contribution in [0.25, 0.3) is 0 Å². The van der Waals surface area contributed by atoms with Gasteiger partial charge in [0.1, 0.15) is 18.6 Å². The number of hydrogen-bond donors (Lipinski definition) is 1. The van der Waals surface area contributed by atoms with Crippen LogP contribution in [0.1, 0.15) is 25.7 Å². The summed E-state index contributed by atoms with van der Waals surface area (Å²) >= 11 is 0. The number of rotatable bonds is 4. The summed E-state index contributed by atoms with van der Waals surface area (Å²) in [5.74, 6) is -0.897. The molecule has 1 aliphatic carbocycles. The molecule has 1 aromatic rings. The highest BCUT2D eigenvalue weighted by Crippen LogP contribution is 2.29. The van der Waals surface area contributed by atoms with Gasteiger partial charge < -0.3 is 5.32 Å². The average Bonchev–Trinajstić information content (AvgIpc) is 3.16. The maximum absolute atomic E-state index is 12.4. The molecule has 0 radical (unpaired) electrons. The van der Waals surface area contributed by atoms with Crippen LogP contribution in [0.5, 0.6) is 0 Å². The van der Waals surface area contributed by atoms with E-state index in [1.165, 1.54) is 4.90 Å². The predicted molar refractivity (Wildman–Crippen MR) is 85.9 cm³/mol. The number of nitriles is 1. The molecule has 0 unspecified atom stereocenters. The molecule has 0 spiro atoms. The summed E-state index contributed by atoms with van der Waals surface area (Å²) in [6, 6.07) is 10.5. The standard InChI is InChI=1S/C17H18N4O3/c18-12-17(8-4-5-9-17)19-14(22)10-21-15(23)11-20(16(21)24)13-6-2-1-3-7-13/h1-3,6-7H,4-5,8-11H2,(H,19,22). The molecule has 0 bridgehead atoms. The van der Waals surface area contributed by atoms with E-state index in [1.807, 2.05) is 6.07 Å². The number of amides is 4. The van der Waals surface area contributed by atoms with Gasteiger partial charge in [-0.15, -0.1) is 0 Å². The second kappa shape index (κ2) is 6.32. The number of hydrogen-bond acceptors (Lipinski definition) is 4. The average molecular weight is 326 g/mol. The molecule has 3 rings (SSSR count). The fraction of sp³-hybridized carbons (Fsp3) is 0.412. The fourth-order valence-corrected chi connectivity index (χ4v) is 3.20. The molecule has 1 saturated heterocycles. The lowest BCUT2D eigenvalue weighted by Crippen LogP contribution is -2.50. The van der Waals surface area contributed by atoms with Crippen molar-refractivity contribution in [1.29, 1.82) is 5.26 Å². The molecular weight excluding hydrogens is 308 g/mol. The minimum atomic E-state index is -0.859. The van der Waals surface area contributed by atoms with Crippen molar-refractivity contribution in [2.24, 2.45) is 0 Å². The van der Waals surface area contributed by atoms with Crippen molar-refractivity contribution in [3.05, 3.63) is 30.3 Å². The van der Waals surface area contributed by atoms with Crippen LogP contribution in [-0.4, -0.2) is 41.4 Å². The largest absolute Gasteiger partial charge is 0.336 e. The van der Waals surface area contributed by atoms with Gasteiger partial charge in [0.25, 0.3) is 5.91 Å². The van der Waals surface area contributed by atoms with Gasteiger partial charge >= 0.3 is 6.03 Å². The molecule has 7 nitrogen and oxygen atoms in total. The summed E-state index contributed by atoms with van der Waals surface area (Å²) in [6.45, 7) is -0.441. The van der Waals surface area contributed by atoms with E-state index in [4.69, 9.17) is 0 Å². The van der Waals surface area contributed by atoms with Crippen molar-refractivity contribution in [3.8, 4) is 6.07 Å². The number of carbonyl (C=O) groups is 3. The third kappa shape index (κ3) is 2.95. The Bertz CT molecular complexity index is 704. The number of benzene rings is 1. The molecule has 2 fully saturated rings. The third-order valence-electron chi connectivity index (χ3n) is 4.48. The summed E-state index contributed by atoms with van der Waals surface area (Å²) in [5.41, 5.74) is -0.245. The van der Waals surface area contributed by atoms with E-state index in [-0.39, 0.29) is 13.1 Å². The van der Waals surface area contributed by atoms with Gasteiger partial charge in [0.15, 0.2) is 0 Å². The van der Waals surface area contributed by atoms with Gasteiger partial charge in [-0.05, 0) is 37.8 Å². The van der Waals surface area contributed by atoms with Gasteiger partial charge in [-0.25, -0.2) is 4.79 Å². The van der Waals surface area contributed by atoms with Crippen LogP contribution in [0.15, 0.2) is 30.3 Å². The van der Waals surface area contributed by atoms with Crippen LogP contribution in [-0.2, 0) is 9.59 Å². The van der Waals surface area contributed by atoms with Crippen LogP contribution in [0.4, 0.5) is 10.5 Å². The van der Waals surface area contributed by atoms with Gasteiger partial charge in [-0.2, -0.15) is 5.26 Å². The first-order valence-electron chi connectivity index (χ1n) is 7.94. The Hall–Kier alpha value is -2.88. The number of anilines is 1. The zero-order chi connectivity index (χ0) is 17.2. The van der Waals surface area contributed by atoms with Gasteiger partial charge in [0, 0.05) is 5.69 Å². The second-order valence-corrected chi connectivity index (χ2v) is 6.13. The molecule has 1 aromatic carbocycles. The van der Waals surface area contributed by atoms with Gasteiger partial charge in [0.05, 0.1) is 6.07 Å². The van der Waals surface area contributed by atoms with Crippen molar-refractivity contribution < 1.29 is 14.4 Å². The van der Waals surface area contributed by atoms with Crippen LogP contribution < -0.4 is 10.2 Å². The van der Waals surface area contributed by atoms with E-state index in [2.05, 4.69) is 11.4 Å². The fourth-order valence-electron chi connectivity index (χ4n) is 3.20. The minimum absolute atomic E-state index is 0.0838. The Labute approximate surface area is 139 Å². The highest BCUT2D eigenvalue weighted by Gasteiger charge is 2.40. The molecule has 1 saturated carbocycles. The number of para-hydroxylation sites is 1. The van der Waals surface area contributed by atoms with E-state index in [0.29, 0.717) is 18.5 Å². The normalized spacial score (nSPS) is 19.5. The second-order valence-electron chi connectivity index (χ2n) is 6.13. The molecule has 1 heterocycles. The van der Waals surface area contributed by atoms with Gasteiger partial charge in [0.2, 0.25) is 5.91 Å². The van der Waals surface area contributed by atoms with Crippen LogP contribution in [0.2, 0.25) is 0 Å². The first-order valence-corrected chi connectivity index (χ1v) is 7.94. The van der Waals surface area contributed by atoms with E-state index in [0.717, 1.165) is 17.7 Å². The molecular formula is C17H18N4O3. The molecule has 0 aromatic heterocycles. The third-order valence-corrected chi connectivity index (χ3v) is 4.48. The number of urea groups is 1. The lowest BCUT2D eigenvalue weighted by Gasteiger charge is -2.23. The number of imide groups is 1. The smallest absolute Gasteiger partial charge is 0.332 e. The monoisotopic (exact) mass is 326 g/mol. The molecule has 7 heteroatoms. The lowest BCUT2D eigenvalue weighted by molar-refractivity contribution is -0.131. The van der Waals surface area contributed by atoms with Crippen LogP contribution in [0, 0.1) is 11.3 Å². The van der Waals surface area contributed by atoms with E-state index >= 15 is 0 Å². The predicted octanol–water partition coefficient (Wildman–Crippen LogP) is 1.41. The van der Waals surface area contributed by atoms with Gasteiger partial charge in [-0.1, -0.05) is 18.2 Å². The van der Waals surface area contributed by atoms with Crippen LogP contribution >= 0.6 is 0 Å². The Balaban J connectivity index is 1.67. The highest BCUT2D eigenvalue weighted by atomic mass is 16.2. The molecule has 2 aliphatic rings. The molecule has 124 valence electrons. The number of nitrogens with zero attached hydrogens (tertiary/aromatic N) is 3. The summed E-state index contributed by atoms with van der Waals surface area (Å²) in [4.78, 5) is 39.0. The SMILES string of the molecule is N#CC1(NC(=O)CN2C(=O)CN(c3ccccc3)C2=O)CCCC1.